The van der Waals surface area contributed by atoms with Crippen LogP contribution in [0.25, 0.3) is 0 Å². The molecular formula is C16H26N2. The highest BCUT2D eigenvalue weighted by Gasteiger charge is 2.26. The summed E-state index contributed by atoms with van der Waals surface area (Å²) in [7, 11) is 2.23. The normalized spacial score (nSPS) is 28.1. The fourth-order valence-corrected chi connectivity index (χ4v) is 3.30. The number of hydrogen-bond acceptors (Lipinski definition) is 2. The van der Waals surface area contributed by atoms with Crippen LogP contribution in [-0.4, -0.2) is 13.1 Å². The minimum absolute atomic E-state index is 0.626. The maximum absolute atomic E-state index is 5.64. The summed E-state index contributed by atoms with van der Waals surface area (Å²) in [4.78, 5) is 2.45. The fourth-order valence-electron chi connectivity index (χ4n) is 3.30. The summed E-state index contributed by atoms with van der Waals surface area (Å²) < 4.78 is 0. The van der Waals surface area contributed by atoms with E-state index in [4.69, 9.17) is 5.73 Å². The van der Waals surface area contributed by atoms with Gasteiger partial charge in [-0.3, -0.25) is 0 Å². The molecule has 1 aliphatic rings. The zero-order chi connectivity index (χ0) is 13.1. The van der Waals surface area contributed by atoms with Crippen LogP contribution in [0.5, 0.6) is 0 Å². The number of nitrogens with two attached hydrogens (primary N) is 1. The van der Waals surface area contributed by atoms with E-state index in [9.17, 15) is 0 Å². The summed E-state index contributed by atoms with van der Waals surface area (Å²) in [5.74, 6) is 1.70. The molecule has 2 unspecified atom stereocenters. The van der Waals surface area contributed by atoms with Gasteiger partial charge in [0.15, 0.2) is 0 Å². The van der Waals surface area contributed by atoms with Crippen LogP contribution < -0.4 is 10.6 Å². The molecule has 2 atom stereocenters. The van der Waals surface area contributed by atoms with Crippen molar-refractivity contribution < 1.29 is 0 Å². The molecule has 1 fully saturated rings. The third kappa shape index (κ3) is 3.05. The van der Waals surface area contributed by atoms with E-state index >= 15 is 0 Å². The number of nitrogens with zero attached hydrogens (tertiary/aromatic N) is 1. The zero-order valence-corrected chi connectivity index (χ0v) is 11.9. The van der Waals surface area contributed by atoms with Gasteiger partial charge in [-0.1, -0.05) is 26.0 Å². The van der Waals surface area contributed by atoms with E-state index in [0.717, 1.165) is 11.8 Å². The first-order valence-corrected chi connectivity index (χ1v) is 7.12. The van der Waals surface area contributed by atoms with Crippen LogP contribution in [0.3, 0.4) is 0 Å². The molecular weight excluding hydrogens is 220 g/mol. The number of rotatable bonds is 3. The Kier molecular flexibility index (Phi) is 4.28. The minimum atomic E-state index is 0.626. The SMILES string of the molecule is CC1CC(C)CC(N(C)c2ccc(CN)cc2)C1. The summed E-state index contributed by atoms with van der Waals surface area (Å²) in [6, 6.07) is 9.37. The zero-order valence-electron chi connectivity index (χ0n) is 11.9. The number of benzene rings is 1. The Balaban J connectivity index is 2.07. The topological polar surface area (TPSA) is 29.3 Å². The maximum Gasteiger partial charge on any atom is 0.0366 e. The van der Waals surface area contributed by atoms with E-state index in [1.54, 1.807) is 0 Å². The van der Waals surface area contributed by atoms with Crippen molar-refractivity contribution >= 4 is 5.69 Å². The first-order chi connectivity index (χ1) is 8.60. The number of anilines is 1. The molecule has 0 heterocycles. The molecule has 0 radical (unpaired) electrons. The predicted molar refractivity (Wildman–Crippen MR) is 78.7 cm³/mol. The lowest BCUT2D eigenvalue weighted by Crippen LogP contribution is -2.38. The summed E-state index contributed by atoms with van der Waals surface area (Å²) >= 11 is 0. The third-order valence-corrected chi connectivity index (χ3v) is 4.28. The van der Waals surface area contributed by atoms with Crippen LogP contribution >= 0.6 is 0 Å². The molecule has 0 aromatic heterocycles. The maximum atomic E-state index is 5.64. The highest BCUT2D eigenvalue weighted by Crippen LogP contribution is 2.33. The molecule has 1 saturated carbocycles. The Morgan fingerprint density at radius 3 is 2.11 bits per heavy atom. The van der Waals surface area contributed by atoms with E-state index in [2.05, 4.69) is 50.1 Å². The summed E-state index contributed by atoms with van der Waals surface area (Å²) in [5.41, 5.74) is 8.17. The lowest BCUT2D eigenvalue weighted by atomic mass is 9.80. The second kappa shape index (κ2) is 5.75. The van der Waals surface area contributed by atoms with Gasteiger partial charge in [-0.25, -0.2) is 0 Å². The highest BCUT2D eigenvalue weighted by atomic mass is 15.1. The van der Waals surface area contributed by atoms with Crippen LogP contribution in [-0.2, 0) is 6.54 Å². The molecule has 0 bridgehead atoms. The van der Waals surface area contributed by atoms with Gasteiger partial charge in [0.05, 0.1) is 0 Å². The molecule has 1 aliphatic carbocycles. The van der Waals surface area contributed by atoms with Gasteiger partial charge in [0.2, 0.25) is 0 Å². The standard InChI is InChI=1S/C16H26N2/c1-12-8-13(2)10-16(9-12)18(3)15-6-4-14(11-17)5-7-15/h4-7,12-13,16H,8-11,17H2,1-3H3. The Morgan fingerprint density at radius 2 is 1.61 bits per heavy atom. The molecule has 100 valence electrons. The Labute approximate surface area is 111 Å². The van der Waals surface area contributed by atoms with Crippen molar-refractivity contribution in [2.75, 3.05) is 11.9 Å². The van der Waals surface area contributed by atoms with Crippen LogP contribution in [0.1, 0.15) is 38.7 Å². The first-order valence-electron chi connectivity index (χ1n) is 7.12. The van der Waals surface area contributed by atoms with Crippen LogP contribution in [0.2, 0.25) is 0 Å². The van der Waals surface area contributed by atoms with Crippen molar-refractivity contribution in [1.29, 1.82) is 0 Å². The van der Waals surface area contributed by atoms with Gasteiger partial charge in [0.1, 0.15) is 0 Å². The summed E-state index contributed by atoms with van der Waals surface area (Å²) in [6.45, 7) is 5.39. The van der Waals surface area contributed by atoms with E-state index in [1.165, 1.54) is 30.5 Å². The quantitative estimate of drug-likeness (QED) is 0.885. The molecule has 0 amide bonds. The number of hydrogen-bond donors (Lipinski definition) is 1. The predicted octanol–water partition coefficient (Wildman–Crippen LogP) is 3.41. The van der Waals surface area contributed by atoms with Crippen molar-refractivity contribution in [3.05, 3.63) is 29.8 Å². The molecule has 2 heteroatoms. The lowest BCUT2D eigenvalue weighted by molar-refractivity contribution is 0.264. The molecule has 0 aliphatic heterocycles. The molecule has 2 rings (SSSR count). The third-order valence-electron chi connectivity index (χ3n) is 4.28. The van der Waals surface area contributed by atoms with Gasteiger partial charge in [-0.15, -0.1) is 0 Å². The van der Waals surface area contributed by atoms with Crippen molar-refractivity contribution in [2.24, 2.45) is 17.6 Å². The van der Waals surface area contributed by atoms with Gasteiger partial charge >= 0.3 is 0 Å². The van der Waals surface area contributed by atoms with E-state index in [1.807, 2.05) is 0 Å². The second-order valence-corrected chi connectivity index (χ2v) is 6.05. The van der Waals surface area contributed by atoms with Crippen LogP contribution in [0, 0.1) is 11.8 Å². The second-order valence-electron chi connectivity index (χ2n) is 6.05. The molecule has 1 aromatic rings. The van der Waals surface area contributed by atoms with Gasteiger partial charge in [0, 0.05) is 25.3 Å². The lowest BCUT2D eigenvalue weighted by Gasteiger charge is -2.38. The Bertz CT molecular complexity index is 361. The summed E-state index contributed by atoms with van der Waals surface area (Å²) in [6.07, 6.45) is 4.02. The fraction of sp³-hybridized carbons (Fsp3) is 0.625. The van der Waals surface area contributed by atoms with Crippen LogP contribution in [0.15, 0.2) is 24.3 Å². The molecule has 2 N–H and O–H groups in total. The van der Waals surface area contributed by atoms with Crippen LogP contribution in [0.4, 0.5) is 5.69 Å². The van der Waals surface area contributed by atoms with Gasteiger partial charge < -0.3 is 10.6 Å². The van der Waals surface area contributed by atoms with Crippen molar-refractivity contribution in [3.8, 4) is 0 Å². The monoisotopic (exact) mass is 246 g/mol. The van der Waals surface area contributed by atoms with E-state index < -0.39 is 0 Å². The Hall–Kier alpha value is -1.02. The average Bonchev–Trinajstić information content (AvgIpc) is 2.37. The first kappa shape index (κ1) is 13.4. The molecule has 0 saturated heterocycles. The van der Waals surface area contributed by atoms with Gasteiger partial charge in [0.25, 0.3) is 0 Å². The van der Waals surface area contributed by atoms with E-state index in [0.29, 0.717) is 12.6 Å². The molecule has 1 aromatic carbocycles. The molecule has 0 spiro atoms. The summed E-state index contributed by atoms with van der Waals surface area (Å²) in [5, 5.41) is 0. The Morgan fingerprint density at radius 1 is 1.06 bits per heavy atom. The van der Waals surface area contributed by atoms with Crippen molar-refractivity contribution in [2.45, 2.75) is 45.7 Å². The minimum Gasteiger partial charge on any atom is -0.372 e. The van der Waals surface area contributed by atoms with Crippen molar-refractivity contribution in [1.82, 2.24) is 0 Å². The highest BCUT2D eigenvalue weighted by molar-refractivity contribution is 5.48. The van der Waals surface area contributed by atoms with Gasteiger partial charge in [-0.05, 0) is 48.8 Å². The smallest absolute Gasteiger partial charge is 0.0366 e. The molecule has 18 heavy (non-hydrogen) atoms. The van der Waals surface area contributed by atoms with Crippen molar-refractivity contribution in [3.63, 3.8) is 0 Å². The average molecular weight is 246 g/mol. The van der Waals surface area contributed by atoms with Gasteiger partial charge in [-0.2, -0.15) is 0 Å². The molecule has 2 nitrogen and oxygen atoms in total. The van der Waals surface area contributed by atoms with E-state index in [-0.39, 0.29) is 0 Å². The largest absolute Gasteiger partial charge is 0.372 e.